The smallest absolute Gasteiger partial charge is 0.237 e. The quantitative estimate of drug-likeness (QED) is 0.511. The summed E-state index contributed by atoms with van der Waals surface area (Å²) in [6.07, 6.45) is 1.77. The minimum Gasteiger partial charge on any atom is -0.337 e. The van der Waals surface area contributed by atoms with Gasteiger partial charge in [-0.2, -0.15) is 0 Å². The highest BCUT2D eigenvalue weighted by Crippen LogP contribution is 2.28. The highest BCUT2D eigenvalue weighted by molar-refractivity contribution is 8.00. The predicted molar refractivity (Wildman–Crippen MR) is 112 cm³/mol. The van der Waals surface area contributed by atoms with Crippen LogP contribution in [0.2, 0.25) is 0 Å². The van der Waals surface area contributed by atoms with E-state index in [9.17, 15) is 4.79 Å². The van der Waals surface area contributed by atoms with Crippen LogP contribution in [0.5, 0.6) is 0 Å². The van der Waals surface area contributed by atoms with Crippen molar-refractivity contribution in [2.24, 2.45) is 0 Å². The second kappa shape index (κ2) is 7.88. The summed E-state index contributed by atoms with van der Waals surface area (Å²) in [4.78, 5) is 17.3. The number of thioether (sulfide) groups is 1. The van der Waals surface area contributed by atoms with Crippen LogP contribution in [0.25, 0.3) is 11.3 Å². The molecule has 0 aliphatic rings. The minimum absolute atomic E-state index is 0.0701. The third-order valence-corrected chi connectivity index (χ3v) is 5.43. The molecule has 3 aromatic rings. The zero-order valence-corrected chi connectivity index (χ0v) is 16.8. The summed E-state index contributed by atoms with van der Waals surface area (Å²) in [6, 6.07) is 14.0. The van der Waals surface area contributed by atoms with Crippen molar-refractivity contribution >= 4 is 23.4 Å². The molecule has 0 radical (unpaired) electrons. The lowest BCUT2D eigenvalue weighted by atomic mass is 10.1. The van der Waals surface area contributed by atoms with Crippen LogP contribution in [0.3, 0.4) is 0 Å². The monoisotopic (exact) mass is 380 g/mol. The molecular weight excluding hydrogens is 356 g/mol. The Hall–Kier alpha value is -2.73. The Labute approximate surface area is 164 Å². The Morgan fingerprint density at radius 2 is 1.78 bits per heavy atom. The van der Waals surface area contributed by atoms with Crippen molar-refractivity contribution in [3.63, 3.8) is 0 Å². The largest absolute Gasteiger partial charge is 0.337 e. The third-order valence-electron chi connectivity index (χ3n) is 4.34. The number of carbonyl (C=O) groups is 1. The molecule has 0 bridgehead atoms. The van der Waals surface area contributed by atoms with Gasteiger partial charge in [-0.1, -0.05) is 59.8 Å². The number of carbonyl (C=O) groups excluding carboxylic acids is 1. The van der Waals surface area contributed by atoms with Crippen molar-refractivity contribution in [1.82, 2.24) is 9.66 Å². The Kier molecular flexibility index (Phi) is 5.56. The van der Waals surface area contributed by atoms with Crippen LogP contribution in [0.1, 0.15) is 23.6 Å². The van der Waals surface area contributed by atoms with E-state index in [0.29, 0.717) is 5.16 Å². The van der Waals surface area contributed by atoms with Gasteiger partial charge >= 0.3 is 0 Å². The molecule has 1 heterocycles. The van der Waals surface area contributed by atoms with Crippen LogP contribution < -0.4 is 11.2 Å². The molecule has 0 saturated heterocycles. The minimum atomic E-state index is -0.335. The summed E-state index contributed by atoms with van der Waals surface area (Å²) in [6.45, 7) is 7.92. The Morgan fingerprint density at radius 1 is 1.15 bits per heavy atom. The molecule has 0 saturated carbocycles. The summed E-state index contributed by atoms with van der Waals surface area (Å²) in [5.74, 6) is 5.98. The maximum Gasteiger partial charge on any atom is 0.237 e. The second-order valence-electron chi connectivity index (χ2n) is 6.71. The standard InChI is InChI=1S/C21H24N4OS/c1-13-10-14(2)19(15(3)11-13)24-20(26)16(4)27-21-23-18(12-25(21)22)17-8-6-5-7-9-17/h5-12,16H,22H2,1-4H3,(H,24,26)/t16-/m0/s1. The molecule has 0 spiro atoms. The average molecular weight is 381 g/mol. The van der Waals surface area contributed by atoms with E-state index in [1.807, 2.05) is 51.1 Å². The van der Waals surface area contributed by atoms with Gasteiger partial charge in [0.25, 0.3) is 0 Å². The number of hydrogen-bond donors (Lipinski definition) is 2. The number of nitrogens with one attached hydrogen (secondary N) is 1. The molecule has 0 aliphatic heterocycles. The molecular formula is C21H24N4OS. The van der Waals surface area contributed by atoms with Crippen LogP contribution in [0.15, 0.2) is 53.8 Å². The topological polar surface area (TPSA) is 72.9 Å². The van der Waals surface area contributed by atoms with Gasteiger partial charge in [-0.05, 0) is 38.8 Å². The molecule has 0 aliphatic carbocycles. The maximum atomic E-state index is 12.7. The van der Waals surface area contributed by atoms with Gasteiger partial charge in [0.2, 0.25) is 5.91 Å². The van der Waals surface area contributed by atoms with Gasteiger partial charge in [0, 0.05) is 11.3 Å². The second-order valence-corrected chi connectivity index (χ2v) is 8.01. The molecule has 140 valence electrons. The normalized spacial score (nSPS) is 12.0. The lowest BCUT2D eigenvalue weighted by molar-refractivity contribution is -0.115. The van der Waals surface area contributed by atoms with Crippen molar-refractivity contribution in [3.05, 3.63) is 65.4 Å². The molecule has 3 rings (SSSR count). The van der Waals surface area contributed by atoms with E-state index in [-0.39, 0.29) is 11.2 Å². The first-order valence-electron chi connectivity index (χ1n) is 8.80. The lowest BCUT2D eigenvalue weighted by Crippen LogP contribution is -2.24. The van der Waals surface area contributed by atoms with Gasteiger partial charge in [-0.15, -0.1) is 0 Å². The number of nitrogens with zero attached hydrogens (tertiary/aromatic N) is 2. The highest BCUT2D eigenvalue weighted by Gasteiger charge is 2.20. The van der Waals surface area contributed by atoms with Crippen LogP contribution >= 0.6 is 11.8 Å². The van der Waals surface area contributed by atoms with Crippen LogP contribution in [0, 0.1) is 20.8 Å². The van der Waals surface area contributed by atoms with Crippen molar-refractivity contribution in [1.29, 1.82) is 0 Å². The molecule has 1 amide bonds. The summed E-state index contributed by atoms with van der Waals surface area (Å²) < 4.78 is 1.47. The Bertz CT molecular complexity index is 943. The van der Waals surface area contributed by atoms with Gasteiger partial charge < -0.3 is 11.2 Å². The number of hydrogen-bond acceptors (Lipinski definition) is 4. The van der Waals surface area contributed by atoms with E-state index in [0.717, 1.165) is 28.1 Å². The first kappa shape index (κ1) is 19.0. The van der Waals surface area contributed by atoms with E-state index < -0.39 is 0 Å². The van der Waals surface area contributed by atoms with Gasteiger partial charge in [-0.3, -0.25) is 4.79 Å². The fraction of sp³-hybridized carbons (Fsp3) is 0.238. The maximum absolute atomic E-state index is 12.7. The molecule has 0 fully saturated rings. The first-order chi connectivity index (χ1) is 12.8. The Morgan fingerprint density at radius 3 is 2.41 bits per heavy atom. The highest BCUT2D eigenvalue weighted by atomic mass is 32.2. The van der Waals surface area contributed by atoms with Crippen molar-refractivity contribution in [2.45, 2.75) is 38.1 Å². The zero-order chi connectivity index (χ0) is 19.6. The number of amides is 1. The summed E-state index contributed by atoms with van der Waals surface area (Å²) in [7, 11) is 0. The van der Waals surface area contributed by atoms with Gasteiger partial charge in [-0.25, -0.2) is 9.66 Å². The average Bonchev–Trinajstić information content (AvgIpc) is 2.99. The predicted octanol–water partition coefficient (Wildman–Crippen LogP) is 4.31. The van der Waals surface area contributed by atoms with Crippen LogP contribution in [-0.4, -0.2) is 20.8 Å². The van der Waals surface area contributed by atoms with E-state index in [2.05, 4.69) is 29.4 Å². The number of benzene rings is 2. The molecule has 5 nitrogen and oxygen atoms in total. The van der Waals surface area contributed by atoms with Crippen molar-refractivity contribution < 1.29 is 4.79 Å². The Balaban J connectivity index is 1.73. The van der Waals surface area contributed by atoms with Gasteiger partial charge in [0.05, 0.1) is 17.1 Å². The lowest BCUT2D eigenvalue weighted by Gasteiger charge is -2.16. The third kappa shape index (κ3) is 4.34. The zero-order valence-electron chi connectivity index (χ0n) is 16.0. The van der Waals surface area contributed by atoms with E-state index in [1.165, 1.54) is 22.0 Å². The molecule has 0 unspecified atom stereocenters. The van der Waals surface area contributed by atoms with Crippen LogP contribution in [0.4, 0.5) is 5.69 Å². The molecule has 1 aromatic heterocycles. The van der Waals surface area contributed by atoms with Crippen LogP contribution in [-0.2, 0) is 4.79 Å². The van der Waals surface area contributed by atoms with Crippen molar-refractivity contribution in [2.75, 3.05) is 11.2 Å². The van der Waals surface area contributed by atoms with E-state index in [4.69, 9.17) is 5.84 Å². The summed E-state index contributed by atoms with van der Waals surface area (Å²) in [5, 5.41) is 3.32. The van der Waals surface area contributed by atoms with E-state index in [1.54, 1.807) is 6.20 Å². The van der Waals surface area contributed by atoms with E-state index >= 15 is 0 Å². The SMILES string of the molecule is Cc1cc(C)c(NC(=O)[C@H](C)Sc2nc(-c3ccccc3)cn2N)c(C)c1. The molecule has 3 N–H and O–H groups in total. The number of aryl methyl sites for hydroxylation is 3. The summed E-state index contributed by atoms with van der Waals surface area (Å²) in [5.41, 5.74) is 5.96. The van der Waals surface area contributed by atoms with Gasteiger partial charge in [0.15, 0.2) is 5.16 Å². The number of anilines is 1. The molecule has 2 aromatic carbocycles. The molecule has 6 heteroatoms. The number of nitrogen functional groups attached to an aromatic ring is 1. The number of nitrogens with two attached hydrogens (primary N) is 1. The number of rotatable bonds is 5. The fourth-order valence-corrected chi connectivity index (χ4v) is 3.83. The van der Waals surface area contributed by atoms with Gasteiger partial charge in [0.1, 0.15) is 0 Å². The number of aromatic nitrogens is 2. The molecule has 1 atom stereocenters. The summed E-state index contributed by atoms with van der Waals surface area (Å²) >= 11 is 1.34. The fourth-order valence-electron chi connectivity index (χ4n) is 3.03. The number of imidazole rings is 1. The first-order valence-corrected chi connectivity index (χ1v) is 9.68. The van der Waals surface area contributed by atoms with Crippen molar-refractivity contribution in [3.8, 4) is 11.3 Å². The molecule has 27 heavy (non-hydrogen) atoms.